The molecular formula is C16H22ClN5O3S. The number of rotatable bonds is 7. The number of piperidine rings is 1. The summed E-state index contributed by atoms with van der Waals surface area (Å²) in [5.41, 5.74) is 0.650. The van der Waals surface area contributed by atoms with Gasteiger partial charge in [-0.1, -0.05) is 11.2 Å². The monoisotopic (exact) mass is 399 g/mol. The summed E-state index contributed by atoms with van der Waals surface area (Å²) in [5, 5.41) is 19.5. The lowest BCUT2D eigenvalue weighted by Crippen LogP contribution is -2.40. The molecule has 1 fully saturated rings. The van der Waals surface area contributed by atoms with E-state index in [4.69, 9.17) is 9.94 Å². The minimum atomic E-state index is -0.717. The average molecular weight is 400 g/mol. The van der Waals surface area contributed by atoms with Gasteiger partial charge in [-0.3, -0.25) is 9.69 Å². The van der Waals surface area contributed by atoms with Gasteiger partial charge in [0, 0.05) is 20.1 Å². The van der Waals surface area contributed by atoms with Gasteiger partial charge in [0.05, 0.1) is 10.8 Å². The van der Waals surface area contributed by atoms with E-state index in [1.54, 1.807) is 16.0 Å². The molecule has 10 heteroatoms. The first kappa shape index (κ1) is 20.3. The zero-order valence-corrected chi connectivity index (χ0v) is 16.1. The molecule has 0 saturated carbocycles. The lowest BCUT2D eigenvalue weighted by atomic mass is 9.98. The van der Waals surface area contributed by atoms with Gasteiger partial charge in [-0.25, -0.2) is 9.67 Å². The number of carbonyl (C=O) groups is 1. The molecule has 0 spiro atoms. The first-order chi connectivity index (χ1) is 12.1. The number of oxime groups is 1. The molecule has 26 heavy (non-hydrogen) atoms. The van der Waals surface area contributed by atoms with Crippen LogP contribution in [0.5, 0.6) is 0 Å². The van der Waals surface area contributed by atoms with Crippen LogP contribution in [-0.2, 0) is 16.7 Å². The van der Waals surface area contributed by atoms with Crippen molar-refractivity contribution < 1.29 is 14.7 Å². The number of hydrogen-bond donors (Lipinski definition) is 1. The molecule has 1 aliphatic rings. The van der Waals surface area contributed by atoms with Crippen LogP contribution in [0.1, 0.15) is 23.5 Å². The summed E-state index contributed by atoms with van der Waals surface area (Å²) in [6.07, 6.45) is 3.14. The predicted molar refractivity (Wildman–Crippen MR) is 101 cm³/mol. The number of carboxylic acids is 1. The molecule has 142 valence electrons. The van der Waals surface area contributed by atoms with E-state index in [9.17, 15) is 4.79 Å². The number of thiophene rings is 1. The fraction of sp³-hybridized carbons (Fsp3) is 0.500. The molecule has 1 aliphatic heterocycles. The number of aromatic nitrogens is 3. The highest BCUT2D eigenvalue weighted by atomic mass is 35.5. The zero-order chi connectivity index (χ0) is 17.6. The van der Waals surface area contributed by atoms with Crippen LogP contribution in [0.25, 0.3) is 0 Å². The fourth-order valence-corrected chi connectivity index (χ4v) is 3.56. The largest absolute Gasteiger partial charge is 0.481 e. The van der Waals surface area contributed by atoms with Gasteiger partial charge in [0.15, 0.2) is 11.5 Å². The van der Waals surface area contributed by atoms with Gasteiger partial charge >= 0.3 is 5.97 Å². The summed E-state index contributed by atoms with van der Waals surface area (Å²) >= 11 is 1.56. The summed E-state index contributed by atoms with van der Waals surface area (Å²) in [7, 11) is 1.81. The van der Waals surface area contributed by atoms with Crippen molar-refractivity contribution in [1.82, 2.24) is 19.7 Å². The quantitative estimate of drug-likeness (QED) is 0.434. The van der Waals surface area contributed by atoms with E-state index < -0.39 is 5.97 Å². The van der Waals surface area contributed by atoms with Gasteiger partial charge in [-0.2, -0.15) is 5.10 Å². The lowest BCUT2D eigenvalue weighted by molar-refractivity contribution is -0.143. The van der Waals surface area contributed by atoms with Crippen molar-refractivity contribution in [3.05, 3.63) is 34.5 Å². The average Bonchev–Trinajstić information content (AvgIpc) is 3.27. The number of aryl methyl sites for hydroxylation is 1. The summed E-state index contributed by atoms with van der Waals surface area (Å²) in [5.74, 6) is -0.352. The van der Waals surface area contributed by atoms with E-state index in [1.807, 2.05) is 24.6 Å². The Morgan fingerprint density at radius 2 is 2.38 bits per heavy atom. The molecule has 3 rings (SSSR count). The number of aliphatic carboxylic acids is 1. The van der Waals surface area contributed by atoms with Crippen molar-refractivity contribution in [2.45, 2.75) is 12.8 Å². The molecule has 0 aliphatic carbocycles. The molecule has 2 aromatic heterocycles. The van der Waals surface area contributed by atoms with Crippen LogP contribution < -0.4 is 0 Å². The van der Waals surface area contributed by atoms with Crippen molar-refractivity contribution in [2.24, 2.45) is 18.1 Å². The third-order valence-electron chi connectivity index (χ3n) is 4.19. The van der Waals surface area contributed by atoms with Crippen LogP contribution in [-0.4, -0.2) is 62.7 Å². The Bertz CT molecular complexity index is 734. The summed E-state index contributed by atoms with van der Waals surface area (Å²) < 4.78 is 1.66. The molecule has 1 saturated heterocycles. The summed E-state index contributed by atoms with van der Waals surface area (Å²) in [6.45, 7) is 2.53. The maximum atomic E-state index is 11.1. The minimum absolute atomic E-state index is 0. The van der Waals surface area contributed by atoms with Crippen LogP contribution >= 0.6 is 23.7 Å². The number of hydrogen-bond acceptors (Lipinski definition) is 7. The fourth-order valence-electron chi connectivity index (χ4n) is 2.86. The Morgan fingerprint density at radius 3 is 3.04 bits per heavy atom. The number of likely N-dealkylation sites (tertiary alicyclic amines) is 1. The van der Waals surface area contributed by atoms with Crippen LogP contribution in [0.4, 0.5) is 0 Å². The van der Waals surface area contributed by atoms with Crippen molar-refractivity contribution in [3.8, 4) is 0 Å². The van der Waals surface area contributed by atoms with E-state index in [1.165, 1.54) is 6.33 Å². The van der Waals surface area contributed by atoms with Gasteiger partial charge < -0.3 is 9.94 Å². The van der Waals surface area contributed by atoms with Crippen molar-refractivity contribution >= 4 is 35.4 Å². The molecule has 1 atom stereocenters. The molecule has 0 aromatic carbocycles. The second kappa shape index (κ2) is 9.65. The molecule has 0 unspecified atom stereocenters. The molecule has 1 N–H and O–H groups in total. The highest BCUT2D eigenvalue weighted by Gasteiger charge is 2.25. The van der Waals surface area contributed by atoms with Gasteiger partial charge in [0.25, 0.3) is 0 Å². The van der Waals surface area contributed by atoms with E-state index in [0.717, 1.165) is 24.3 Å². The van der Waals surface area contributed by atoms with Crippen molar-refractivity contribution in [2.75, 3.05) is 26.2 Å². The SMILES string of the molecule is Cl.Cn1ncnc1/C(=N/OCCN1CCC[C@@H](C(=O)O)C1)c1cccs1. The highest BCUT2D eigenvalue weighted by molar-refractivity contribution is 7.12. The molecule has 2 aromatic rings. The van der Waals surface area contributed by atoms with Gasteiger partial charge in [0.1, 0.15) is 12.9 Å². The third-order valence-corrected chi connectivity index (χ3v) is 5.06. The van der Waals surface area contributed by atoms with E-state index in [-0.39, 0.29) is 18.3 Å². The Balaban J connectivity index is 0.00000243. The second-order valence-electron chi connectivity index (χ2n) is 5.94. The second-order valence-corrected chi connectivity index (χ2v) is 6.88. The number of nitrogens with zero attached hydrogens (tertiary/aromatic N) is 5. The van der Waals surface area contributed by atoms with Crippen LogP contribution in [0, 0.1) is 5.92 Å². The van der Waals surface area contributed by atoms with Crippen LogP contribution in [0.2, 0.25) is 0 Å². The van der Waals surface area contributed by atoms with Crippen molar-refractivity contribution in [1.29, 1.82) is 0 Å². The summed E-state index contributed by atoms with van der Waals surface area (Å²) in [6, 6.07) is 3.91. The standard InChI is InChI=1S/C16H21N5O3S.ClH/c1-20-15(17-11-18-20)14(13-5-3-9-25-13)19-24-8-7-21-6-2-4-12(10-21)16(22)23;/h3,5,9,11-12H,2,4,6-8,10H2,1H3,(H,22,23);1H/b19-14+;/t12-;/m1./s1. The maximum absolute atomic E-state index is 11.1. The normalized spacial score (nSPS) is 18.3. The summed E-state index contributed by atoms with van der Waals surface area (Å²) in [4.78, 5) is 24.0. The number of halogens is 1. The Morgan fingerprint density at radius 1 is 1.54 bits per heavy atom. The Kier molecular flexibility index (Phi) is 7.55. The Labute approximate surface area is 161 Å². The van der Waals surface area contributed by atoms with E-state index >= 15 is 0 Å². The molecule has 0 amide bonds. The lowest BCUT2D eigenvalue weighted by Gasteiger charge is -2.29. The smallest absolute Gasteiger partial charge is 0.307 e. The molecule has 0 bridgehead atoms. The van der Waals surface area contributed by atoms with E-state index in [0.29, 0.717) is 31.2 Å². The van der Waals surface area contributed by atoms with Crippen LogP contribution in [0.3, 0.4) is 0 Å². The molecule has 8 nitrogen and oxygen atoms in total. The molecule has 0 radical (unpaired) electrons. The van der Waals surface area contributed by atoms with Crippen molar-refractivity contribution in [3.63, 3.8) is 0 Å². The number of carboxylic acid groups (broad SMARTS) is 1. The van der Waals surface area contributed by atoms with Gasteiger partial charge in [-0.05, 0) is 30.8 Å². The zero-order valence-electron chi connectivity index (χ0n) is 14.4. The first-order valence-electron chi connectivity index (χ1n) is 8.18. The molecular weight excluding hydrogens is 378 g/mol. The highest BCUT2D eigenvalue weighted by Crippen LogP contribution is 2.17. The molecule has 3 heterocycles. The minimum Gasteiger partial charge on any atom is -0.481 e. The first-order valence-corrected chi connectivity index (χ1v) is 9.06. The predicted octanol–water partition coefficient (Wildman–Crippen LogP) is 1.86. The van der Waals surface area contributed by atoms with Gasteiger partial charge in [0.2, 0.25) is 0 Å². The van der Waals surface area contributed by atoms with Gasteiger partial charge in [-0.15, -0.1) is 23.7 Å². The van der Waals surface area contributed by atoms with Crippen LogP contribution in [0.15, 0.2) is 29.0 Å². The maximum Gasteiger partial charge on any atom is 0.307 e. The third kappa shape index (κ3) is 5.03. The van der Waals surface area contributed by atoms with E-state index in [2.05, 4.69) is 20.1 Å². The topological polar surface area (TPSA) is 92.8 Å². The Hall–Kier alpha value is -1.97.